The molecule has 1 saturated heterocycles. The molecule has 0 spiro atoms. The van der Waals surface area contributed by atoms with Crippen molar-refractivity contribution in [1.29, 1.82) is 0 Å². The van der Waals surface area contributed by atoms with Crippen molar-refractivity contribution in [3.8, 4) is 0 Å². The Balaban J connectivity index is 3.01. The Bertz CT molecular complexity index is 317. The maximum absolute atomic E-state index is 11.1. The molecule has 0 saturated carbocycles. The normalized spacial score (nSPS) is 40.3. The zero-order valence-corrected chi connectivity index (χ0v) is 9.72. The van der Waals surface area contributed by atoms with E-state index in [2.05, 4.69) is 6.58 Å². The van der Waals surface area contributed by atoms with E-state index in [-0.39, 0.29) is 0 Å². The van der Waals surface area contributed by atoms with E-state index in [1.165, 1.54) is 7.11 Å². The molecule has 104 valence electrons. The number of aliphatic hydroxyl groups excluding tert-OH is 4. The number of carbonyl (C=O) groups excluding carboxylic acids is 1. The van der Waals surface area contributed by atoms with Gasteiger partial charge in [0.15, 0.2) is 12.4 Å². The summed E-state index contributed by atoms with van der Waals surface area (Å²) in [7, 11) is 1.18. The molecule has 4 N–H and O–H groups in total. The van der Waals surface area contributed by atoms with Crippen LogP contribution in [0.1, 0.15) is 0 Å². The Morgan fingerprint density at radius 2 is 2.06 bits per heavy atom. The number of esters is 1. The predicted octanol–water partition coefficient (Wildman–Crippen LogP) is -2.51. The minimum absolute atomic E-state index is 0.798. The first-order chi connectivity index (χ1) is 8.41. The molecular weight excluding hydrogens is 248 g/mol. The fourth-order valence-electron chi connectivity index (χ4n) is 1.59. The second-order valence-electron chi connectivity index (χ2n) is 3.74. The van der Waals surface area contributed by atoms with Gasteiger partial charge in [-0.05, 0) is 0 Å². The van der Waals surface area contributed by atoms with Crippen LogP contribution < -0.4 is 0 Å². The summed E-state index contributed by atoms with van der Waals surface area (Å²) in [5.41, 5.74) is 0. The van der Waals surface area contributed by atoms with E-state index in [0.717, 1.165) is 6.08 Å². The van der Waals surface area contributed by atoms with Crippen molar-refractivity contribution in [3.63, 3.8) is 0 Å². The molecule has 1 rings (SSSR count). The summed E-state index contributed by atoms with van der Waals surface area (Å²) in [5, 5.41) is 38.1. The fraction of sp³-hybridized carbons (Fsp3) is 0.700. The average molecular weight is 264 g/mol. The maximum Gasteiger partial charge on any atom is 0.332 e. The van der Waals surface area contributed by atoms with E-state index in [1.807, 2.05) is 0 Å². The summed E-state index contributed by atoms with van der Waals surface area (Å²) in [6.45, 7) is 2.22. The van der Waals surface area contributed by atoms with Crippen LogP contribution in [0.4, 0.5) is 0 Å². The first-order valence-electron chi connectivity index (χ1n) is 5.13. The third-order valence-electron chi connectivity index (χ3n) is 2.61. The van der Waals surface area contributed by atoms with Gasteiger partial charge in [-0.1, -0.05) is 6.58 Å². The highest BCUT2D eigenvalue weighted by Crippen LogP contribution is 2.31. The molecule has 0 aromatic heterocycles. The maximum atomic E-state index is 11.1. The third kappa shape index (κ3) is 2.53. The number of rotatable bonds is 4. The fourth-order valence-corrected chi connectivity index (χ4v) is 1.59. The smallest absolute Gasteiger partial charge is 0.332 e. The Morgan fingerprint density at radius 3 is 2.50 bits per heavy atom. The molecule has 0 bridgehead atoms. The van der Waals surface area contributed by atoms with Crippen LogP contribution in [0, 0.1) is 0 Å². The van der Waals surface area contributed by atoms with Gasteiger partial charge in [0, 0.05) is 13.2 Å². The number of hydrogen-bond acceptors (Lipinski definition) is 8. The van der Waals surface area contributed by atoms with Gasteiger partial charge in [-0.15, -0.1) is 0 Å². The van der Waals surface area contributed by atoms with Crippen molar-refractivity contribution in [2.45, 2.75) is 30.4 Å². The molecule has 18 heavy (non-hydrogen) atoms. The van der Waals surface area contributed by atoms with Crippen LogP contribution in [-0.2, 0) is 19.0 Å². The predicted molar refractivity (Wildman–Crippen MR) is 56.0 cm³/mol. The highest BCUT2D eigenvalue weighted by atomic mass is 16.8. The van der Waals surface area contributed by atoms with Crippen LogP contribution in [0.25, 0.3) is 0 Å². The lowest BCUT2D eigenvalue weighted by Gasteiger charge is -2.45. The first-order valence-corrected chi connectivity index (χ1v) is 5.13. The lowest BCUT2D eigenvalue weighted by molar-refractivity contribution is -0.393. The molecule has 1 fully saturated rings. The van der Waals surface area contributed by atoms with Crippen LogP contribution in [0.3, 0.4) is 0 Å². The summed E-state index contributed by atoms with van der Waals surface area (Å²) < 4.78 is 14.4. The second kappa shape index (κ2) is 5.74. The molecule has 1 unspecified atom stereocenters. The molecule has 0 aromatic carbocycles. The van der Waals surface area contributed by atoms with Crippen molar-refractivity contribution in [3.05, 3.63) is 12.7 Å². The van der Waals surface area contributed by atoms with Crippen LogP contribution >= 0.6 is 0 Å². The molecule has 8 nitrogen and oxygen atoms in total. The number of carbonyl (C=O) groups is 1. The van der Waals surface area contributed by atoms with E-state index in [9.17, 15) is 25.2 Å². The number of methoxy groups -OCH3 is 1. The minimum atomic E-state index is -2.22. The van der Waals surface area contributed by atoms with Crippen molar-refractivity contribution in [2.75, 3.05) is 13.7 Å². The third-order valence-corrected chi connectivity index (χ3v) is 2.61. The van der Waals surface area contributed by atoms with E-state index in [0.29, 0.717) is 0 Å². The van der Waals surface area contributed by atoms with Gasteiger partial charge in [0.2, 0.25) is 0 Å². The van der Waals surface area contributed by atoms with Crippen LogP contribution in [-0.4, -0.2) is 70.5 Å². The lowest BCUT2D eigenvalue weighted by atomic mass is 9.96. The molecule has 1 heterocycles. The molecular formula is C10H16O8. The molecule has 1 aliphatic heterocycles. The van der Waals surface area contributed by atoms with Gasteiger partial charge in [0.1, 0.15) is 18.8 Å². The monoisotopic (exact) mass is 264 g/mol. The van der Waals surface area contributed by atoms with Crippen molar-refractivity contribution < 1.29 is 39.4 Å². The van der Waals surface area contributed by atoms with E-state index in [1.54, 1.807) is 0 Å². The molecule has 0 radical (unpaired) electrons. The summed E-state index contributed by atoms with van der Waals surface area (Å²) in [5.74, 6) is -3.19. The summed E-state index contributed by atoms with van der Waals surface area (Å²) in [6.07, 6.45) is -5.67. The number of aliphatic hydroxyl groups is 4. The zero-order chi connectivity index (χ0) is 13.9. The van der Waals surface area contributed by atoms with E-state index in [4.69, 9.17) is 14.2 Å². The quantitative estimate of drug-likeness (QED) is 0.324. The summed E-state index contributed by atoms with van der Waals surface area (Å²) >= 11 is 0. The van der Waals surface area contributed by atoms with E-state index >= 15 is 0 Å². The molecule has 0 aliphatic carbocycles. The van der Waals surface area contributed by atoms with Gasteiger partial charge in [-0.3, -0.25) is 0 Å². The highest BCUT2D eigenvalue weighted by molar-refractivity contribution is 5.81. The van der Waals surface area contributed by atoms with Crippen LogP contribution in [0.2, 0.25) is 0 Å². The molecule has 5 atom stereocenters. The Hall–Kier alpha value is -1.03. The SMILES string of the molecule is C=CC(=O)OC1(CO)O[C@H](OC)[C@@H](O)[C@@H](O)[C@H]1O. The molecule has 1 aliphatic rings. The van der Waals surface area contributed by atoms with Crippen LogP contribution in [0.15, 0.2) is 12.7 Å². The average Bonchev–Trinajstić information content (AvgIpc) is 2.39. The Morgan fingerprint density at radius 1 is 1.44 bits per heavy atom. The second-order valence-corrected chi connectivity index (χ2v) is 3.74. The summed E-state index contributed by atoms with van der Waals surface area (Å²) in [6, 6.07) is 0. The highest BCUT2D eigenvalue weighted by Gasteiger charge is 2.56. The first kappa shape index (κ1) is 15.0. The summed E-state index contributed by atoms with van der Waals surface area (Å²) in [4.78, 5) is 11.1. The van der Waals surface area contributed by atoms with Crippen molar-refractivity contribution >= 4 is 5.97 Å². The van der Waals surface area contributed by atoms with Gasteiger partial charge in [0.05, 0.1) is 0 Å². The van der Waals surface area contributed by atoms with Crippen LogP contribution in [0.5, 0.6) is 0 Å². The van der Waals surface area contributed by atoms with Crippen molar-refractivity contribution in [1.82, 2.24) is 0 Å². The van der Waals surface area contributed by atoms with Gasteiger partial charge in [0.25, 0.3) is 5.79 Å². The van der Waals surface area contributed by atoms with Crippen molar-refractivity contribution in [2.24, 2.45) is 0 Å². The lowest BCUT2D eigenvalue weighted by Crippen LogP contribution is -2.67. The number of hydrogen-bond donors (Lipinski definition) is 4. The van der Waals surface area contributed by atoms with Gasteiger partial charge in [-0.2, -0.15) is 0 Å². The standard InChI is InChI=1S/C10H16O8/c1-3-5(12)17-10(4-11)8(15)6(13)7(14)9(16-2)18-10/h3,6-9,11,13-15H,1,4H2,2H3/t6-,7+,8-,9+,10?/m1/s1. The van der Waals surface area contributed by atoms with Gasteiger partial charge < -0.3 is 34.6 Å². The largest absolute Gasteiger partial charge is 0.424 e. The topological polar surface area (TPSA) is 126 Å². The zero-order valence-electron chi connectivity index (χ0n) is 9.72. The molecule has 0 amide bonds. The Kier molecular flexibility index (Phi) is 4.79. The molecule has 8 heteroatoms. The Labute approximate surface area is 103 Å². The minimum Gasteiger partial charge on any atom is -0.424 e. The van der Waals surface area contributed by atoms with Gasteiger partial charge >= 0.3 is 5.97 Å². The van der Waals surface area contributed by atoms with E-state index < -0.39 is 43.0 Å². The number of ether oxygens (including phenoxy) is 3. The molecule has 0 aromatic rings. The van der Waals surface area contributed by atoms with Gasteiger partial charge in [-0.25, -0.2) is 4.79 Å².